The van der Waals surface area contributed by atoms with E-state index in [2.05, 4.69) is 33.8 Å². The molecule has 2 atom stereocenters. The molecular weight excluding hydrogens is 326 g/mol. The van der Waals surface area contributed by atoms with Crippen LogP contribution in [0, 0.1) is 0 Å². The van der Waals surface area contributed by atoms with Gasteiger partial charge in [0.1, 0.15) is 5.82 Å². The average Bonchev–Trinajstić information content (AvgIpc) is 2.70. The molecule has 5 heteroatoms. The van der Waals surface area contributed by atoms with E-state index in [0.717, 1.165) is 32.0 Å². The smallest absolute Gasteiger partial charge is 0.128 e. The predicted molar refractivity (Wildman–Crippen MR) is 105 cm³/mol. The van der Waals surface area contributed by atoms with E-state index in [0.29, 0.717) is 25.7 Å². The lowest BCUT2D eigenvalue weighted by Crippen LogP contribution is -2.49. The number of aliphatic hydroxyl groups excluding tert-OH is 1. The molecule has 1 fully saturated rings. The van der Waals surface area contributed by atoms with Gasteiger partial charge in [-0.3, -0.25) is 4.90 Å². The highest BCUT2D eigenvalue weighted by atomic mass is 16.5. The molecule has 2 heterocycles. The molecule has 1 aromatic carbocycles. The van der Waals surface area contributed by atoms with Crippen molar-refractivity contribution in [1.29, 1.82) is 0 Å². The van der Waals surface area contributed by atoms with Crippen LogP contribution in [0.4, 0.5) is 5.82 Å². The zero-order chi connectivity index (χ0) is 18.2. The lowest BCUT2D eigenvalue weighted by Gasteiger charge is -2.36. The second-order valence-electron chi connectivity index (χ2n) is 6.98. The summed E-state index contributed by atoms with van der Waals surface area (Å²) in [6.45, 7) is 7.59. The van der Waals surface area contributed by atoms with Crippen LogP contribution in [0.25, 0.3) is 0 Å². The van der Waals surface area contributed by atoms with Crippen LogP contribution in [0.5, 0.6) is 0 Å². The summed E-state index contributed by atoms with van der Waals surface area (Å²) in [5, 5.41) is 10.3. The number of piperazine rings is 1. The maximum atomic E-state index is 10.3. The fourth-order valence-corrected chi connectivity index (χ4v) is 3.31. The number of pyridine rings is 1. The zero-order valence-electron chi connectivity index (χ0n) is 15.5. The highest BCUT2D eigenvalue weighted by Crippen LogP contribution is 2.15. The van der Waals surface area contributed by atoms with Crippen LogP contribution >= 0.6 is 0 Å². The summed E-state index contributed by atoms with van der Waals surface area (Å²) in [4.78, 5) is 9.00. The molecule has 0 spiro atoms. The van der Waals surface area contributed by atoms with Gasteiger partial charge < -0.3 is 14.7 Å². The van der Waals surface area contributed by atoms with Gasteiger partial charge in [-0.2, -0.15) is 0 Å². The van der Waals surface area contributed by atoms with E-state index < -0.39 is 6.10 Å². The molecule has 1 N–H and O–H groups in total. The lowest BCUT2D eigenvalue weighted by molar-refractivity contribution is 0.0123. The summed E-state index contributed by atoms with van der Waals surface area (Å²) in [5.41, 5.74) is 1.27. The Hall–Kier alpha value is -1.95. The molecule has 1 aliphatic heterocycles. The minimum atomic E-state index is -0.445. The predicted octanol–water partition coefficient (Wildman–Crippen LogP) is 2.38. The van der Waals surface area contributed by atoms with Gasteiger partial charge in [0.15, 0.2) is 0 Å². The number of β-amino-alcohol motifs (C(OH)–C–C–N with tert-alkyl or cyclic N) is 1. The van der Waals surface area contributed by atoms with Crippen molar-refractivity contribution < 1.29 is 9.84 Å². The topological polar surface area (TPSA) is 48.8 Å². The van der Waals surface area contributed by atoms with Crippen molar-refractivity contribution >= 4 is 5.82 Å². The third-order valence-electron chi connectivity index (χ3n) is 4.86. The van der Waals surface area contributed by atoms with Crippen LogP contribution in [0.2, 0.25) is 0 Å². The molecule has 0 saturated carbocycles. The maximum Gasteiger partial charge on any atom is 0.128 e. The Morgan fingerprint density at radius 1 is 1.00 bits per heavy atom. The van der Waals surface area contributed by atoms with Crippen LogP contribution in [0.15, 0.2) is 54.7 Å². The van der Waals surface area contributed by atoms with Crippen LogP contribution in [0.3, 0.4) is 0 Å². The van der Waals surface area contributed by atoms with Crippen molar-refractivity contribution in [2.45, 2.75) is 18.9 Å². The van der Waals surface area contributed by atoms with E-state index in [-0.39, 0.29) is 0 Å². The number of ether oxygens (including phenoxy) is 1. The van der Waals surface area contributed by atoms with Crippen molar-refractivity contribution in [1.82, 2.24) is 9.88 Å². The van der Waals surface area contributed by atoms with Crippen LogP contribution in [-0.2, 0) is 4.74 Å². The van der Waals surface area contributed by atoms with Gasteiger partial charge in [-0.15, -0.1) is 0 Å². The average molecular weight is 355 g/mol. The molecule has 5 nitrogen and oxygen atoms in total. The first-order valence-corrected chi connectivity index (χ1v) is 9.41. The Morgan fingerprint density at radius 2 is 1.73 bits per heavy atom. The van der Waals surface area contributed by atoms with E-state index in [4.69, 9.17) is 4.74 Å². The summed E-state index contributed by atoms with van der Waals surface area (Å²) >= 11 is 0. The minimum Gasteiger partial charge on any atom is -0.389 e. The molecule has 140 valence electrons. The van der Waals surface area contributed by atoms with Crippen LogP contribution < -0.4 is 4.90 Å². The van der Waals surface area contributed by atoms with Gasteiger partial charge in [0.2, 0.25) is 0 Å². The van der Waals surface area contributed by atoms with Crippen molar-refractivity contribution in [3.05, 3.63) is 60.3 Å². The molecule has 0 amide bonds. The normalized spacial score (nSPS) is 17.8. The second-order valence-corrected chi connectivity index (χ2v) is 6.98. The first-order valence-electron chi connectivity index (χ1n) is 9.41. The molecule has 2 aromatic rings. The Labute approximate surface area is 156 Å². The van der Waals surface area contributed by atoms with Gasteiger partial charge in [-0.1, -0.05) is 43.3 Å². The third-order valence-corrected chi connectivity index (χ3v) is 4.86. The highest BCUT2D eigenvalue weighted by molar-refractivity contribution is 5.38. The van der Waals surface area contributed by atoms with E-state index in [9.17, 15) is 5.11 Å². The van der Waals surface area contributed by atoms with Crippen molar-refractivity contribution in [2.75, 3.05) is 50.8 Å². The Bertz CT molecular complexity index is 630. The molecule has 0 radical (unpaired) electrons. The van der Waals surface area contributed by atoms with E-state index in [1.165, 1.54) is 5.56 Å². The van der Waals surface area contributed by atoms with Gasteiger partial charge in [-0.25, -0.2) is 4.98 Å². The summed E-state index contributed by atoms with van der Waals surface area (Å²) in [6, 6.07) is 16.4. The number of anilines is 1. The third kappa shape index (κ3) is 5.53. The van der Waals surface area contributed by atoms with Gasteiger partial charge in [0.25, 0.3) is 0 Å². The molecule has 2 unspecified atom stereocenters. The zero-order valence-corrected chi connectivity index (χ0v) is 15.5. The molecular formula is C21H29N3O2. The number of rotatable bonds is 8. The molecule has 1 saturated heterocycles. The first kappa shape index (κ1) is 18.8. The summed E-state index contributed by atoms with van der Waals surface area (Å²) in [7, 11) is 0. The summed E-state index contributed by atoms with van der Waals surface area (Å²) < 4.78 is 5.75. The number of aliphatic hydroxyl groups is 1. The van der Waals surface area contributed by atoms with E-state index in [1.807, 2.05) is 42.6 Å². The Balaban J connectivity index is 1.33. The second kappa shape index (κ2) is 9.67. The van der Waals surface area contributed by atoms with Gasteiger partial charge >= 0.3 is 0 Å². The Morgan fingerprint density at radius 3 is 2.42 bits per heavy atom. The number of nitrogens with zero attached hydrogens (tertiary/aromatic N) is 3. The highest BCUT2D eigenvalue weighted by Gasteiger charge is 2.20. The largest absolute Gasteiger partial charge is 0.389 e. The maximum absolute atomic E-state index is 10.3. The van der Waals surface area contributed by atoms with Crippen molar-refractivity contribution in [3.63, 3.8) is 0 Å². The monoisotopic (exact) mass is 355 g/mol. The standard InChI is InChI=1S/C21H29N3O2/c1-18(19-7-3-2-4-8-19)16-26-17-20(25)15-23-11-13-24(14-12-23)21-9-5-6-10-22-21/h2-10,18,20,25H,11-17H2,1H3. The molecule has 1 aromatic heterocycles. The molecule has 0 bridgehead atoms. The van der Waals surface area contributed by atoms with Crippen LogP contribution in [-0.4, -0.2) is 67.0 Å². The van der Waals surface area contributed by atoms with Crippen molar-refractivity contribution in [2.24, 2.45) is 0 Å². The lowest BCUT2D eigenvalue weighted by atomic mass is 10.0. The van der Waals surface area contributed by atoms with Crippen LogP contribution in [0.1, 0.15) is 18.4 Å². The van der Waals surface area contributed by atoms with Gasteiger partial charge in [0.05, 0.1) is 19.3 Å². The number of hydrogen-bond acceptors (Lipinski definition) is 5. The first-order chi connectivity index (χ1) is 12.7. The fourth-order valence-electron chi connectivity index (χ4n) is 3.31. The minimum absolute atomic E-state index is 0.338. The number of hydrogen-bond donors (Lipinski definition) is 1. The molecule has 0 aliphatic carbocycles. The Kier molecular flexibility index (Phi) is 7.00. The quantitative estimate of drug-likeness (QED) is 0.788. The van der Waals surface area contributed by atoms with Gasteiger partial charge in [-0.05, 0) is 17.7 Å². The van der Waals surface area contributed by atoms with E-state index in [1.54, 1.807) is 0 Å². The number of benzene rings is 1. The summed E-state index contributed by atoms with van der Waals surface area (Å²) in [6.07, 6.45) is 1.39. The van der Waals surface area contributed by atoms with E-state index >= 15 is 0 Å². The van der Waals surface area contributed by atoms with Crippen molar-refractivity contribution in [3.8, 4) is 0 Å². The SMILES string of the molecule is CC(COCC(O)CN1CCN(c2ccccn2)CC1)c1ccccc1. The van der Waals surface area contributed by atoms with Gasteiger partial charge in [0, 0.05) is 44.8 Å². The molecule has 3 rings (SSSR count). The fraction of sp³-hybridized carbons (Fsp3) is 0.476. The number of aromatic nitrogens is 1. The molecule has 1 aliphatic rings. The summed E-state index contributed by atoms with van der Waals surface area (Å²) in [5.74, 6) is 1.37. The molecule has 26 heavy (non-hydrogen) atoms.